The van der Waals surface area contributed by atoms with E-state index in [1.165, 1.54) is 0 Å². The number of hydrogen-bond donors (Lipinski definition) is 0. The van der Waals surface area contributed by atoms with Gasteiger partial charge >= 0.3 is 0 Å². The standard InChI is InChI=1S/C22H27F2N3/c1-14-19(18-12-15(22(2,3)4)8-9-25(18)5)16(23)13-17(24)20(14)21-26(6)10-11-27(21)7/h8-13H,1-7H3/q+2. The zero-order valence-corrected chi connectivity index (χ0v) is 17.1. The van der Waals surface area contributed by atoms with E-state index < -0.39 is 11.6 Å². The second-order valence-electron chi connectivity index (χ2n) is 8.22. The van der Waals surface area contributed by atoms with Gasteiger partial charge in [-0.05, 0) is 23.5 Å². The third-order valence-electron chi connectivity index (χ3n) is 5.16. The highest BCUT2D eigenvalue weighted by Gasteiger charge is 2.29. The third kappa shape index (κ3) is 3.27. The number of aromatic nitrogens is 3. The molecule has 0 aliphatic carbocycles. The third-order valence-corrected chi connectivity index (χ3v) is 5.16. The summed E-state index contributed by atoms with van der Waals surface area (Å²) < 4.78 is 35.4. The van der Waals surface area contributed by atoms with Crippen molar-refractivity contribution in [3.8, 4) is 22.6 Å². The molecule has 0 fully saturated rings. The van der Waals surface area contributed by atoms with Crippen LogP contribution in [0.4, 0.5) is 8.78 Å². The molecule has 0 amide bonds. The normalized spacial score (nSPS) is 11.9. The molecule has 142 valence electrons. The maximum absolute atomic E-state index is 15.0. The lowest BCUT2D eigenvalue weighted by Gasteiger charge is -2.19. The van der Waals surface area contributed by atoms with Crippen LogP contribution < -0.4 is 9.13 Å². The van der Waals surface area contributed by atoms with Crippen LogP contribution in [0, 0.1) is 18.6 Å². The minimum Gasteiger partial charge on any atom is -0.233 e. The fraction of sp³-hybridized carbons (Fsp3) is 0.364. The highest BCUT2D eigenvalue weighted by Crippen LogP contribution is 2.35. The van der Waals surface area contributed by atoms with Crippen LogP contribution in [-0.2, 0) is 26.6 Å². The van der Waals surface area contributed by atoms with Crippen LogP contribution in [0.1, 0.15) is 31.9 Å². The van der Waals surface area contributed by atoms with Crippen molar-refractivity contribution in [2.45, 2.75) is 33.1 Å². The van der Waals surface area contributed by atoms with Crippen LogP contribution in [0.25, 0.3) is 22.6 Å². The smallest absolute Gasteiger partial charge is 0.233 e. The van der Waals surface area contributed by atoms with E-state index in [9.17, 15) is 8.78 Å². The molecule has 0 bridgehead atoms. The second-order valence-corrected chi connectivity index (χ2v) is 8.22. The maximum atomic E-state index is 15.0. The Balaban J connectivity index is 2.35. The molecule has 0 saturated heterocycles. The summed E-state index contributed by atoms with van der Waals surface area (Å²) in [5.41, 5.74) is 3.21. The van der Waals surface area contributed by atoms with Gasteiger partial charge in [0.05, 0.1) is 19.7 Å². The lowest BCUT2D eigenvalue weighted by molar-refractivity contribution is -0.660. The van der Waals surface area contributed by atoms with Crippen LogP contribution in [0.15, 0.2) is 36.8 Å². The van der Waals surface area contributed by atoms with Crippen molar-refractivity contribution < 1.29 is 17.9 Å². The van der Waals surface area contributed by atoms with Gasteiger partial charge in [-0.1, -0.05) is 20.8 Å². The first-order valence-corrected chi connectivity index (χ1v) is 9.03. The minimum absolute atomic E-state index is 0.0686. The van der Waals surface area contributed by atoms with Crippen molar-refractivity contribution >= 4 is 0 Å². The van der Waals surface area contributed by atoms with E-state index >= 15 is 0 Å². The Kier molecular flexibility index (Phi) is 4.66. The summed E-state index contributed by atoms with van der Waals surface area (Å²) >= 11 is 0. The fourth-order valence-electron chi connectivity index (χ4n) is 3.56. The monoisotopic (exact) mass is 371 g/mol. The Bertz CT molecular complexity index is 1010. The molecule has 1 aromatic carbocycles. The topological polar surface area (TPSA) is 12.7 Å². The summed E-state index contributed by atoms with van der Waals surface area (Å²) in [5, 5.41) is 0. The summed E-state index contributed by atoms with van der Waals surface area (Å²) in [6, 6.07) is 5.03. The van der Waals surface area contributed by atoms with E-state index in [0.29, 0.717) is 22.5 Å². The number of pyridine rings is 1. The average Bonchev–Trinajstić information content (AvgIpc) is 2.87. The number of benzene rings is 1. The van der Waals surface area contributed by atoms with Crippen molar-refractivity contribution in [3.05, 3.63) is 59.6 Å². The second kappa shape index (κ2) is 6.55. The number of nitrogens with zero attached hydrogens (tertiary/aromatic N) is 3. The van der Waals surface area contributed by atoms with Crippen molar-refractivity contribution in [1.82, 2.24) is 4.57 Å². The quantitative estimate of drug-likeness (QED) is 0.606. The number of hydrogen-bond acceptors (Lipinski definition) is 0. The first kappa shape index (κ1) is 19.2. The van der Waals surface area contributed by atoms with Gasteiger partial charge in [0.25, 0.3) is 5.82 Å². The molecule has 3 aromatic rings. The highest BCUT2D eigenvalue weighted by atomic mass is 19.1. The molecule has 0 atom stereocenters. The molecule has 0 N–H and O–H groups in total. The number of rotatable bonds is 2. The largest absolute Gasteiger partial charge is 0.291 e. The van der Waals surface area contributed by atoms with Gasteiger partial charge in [-0.3, -0.25) is 0 Å². The van der Waals surface area contributed by atoms with E-state index in [1.54, 1.807) is 6.92 Å². The van der Waals surface area contributed by atoms with E-state index in [0.717, 1.165) is 17.3 Å². The average molecular weight is 371 g/mol. The molecular formula is C22H27F2N3+2. The fourth-order valence-corrected chi connectivity index (χ4v) is 3.56. The summed E-state index contributed by atoms with van der Waals surface area (Å²) in [6.45, 7) is 8.15. The van der Waals surface area contributed by atoms with E-state index in [4.69, 9.17) is 0 Å². The van der Waals surface area contributed by atoms with Crippen LogP contribution in [0.2, 0.25) is 0 Å². The van der Waals surface area contributed by atoms with Crippen LogP contribution >= 0.6 is 0 Å². The first-order chi connectivity index (χ1) is 12.5. The van der Waals surface area contributed by atoms with Crippen molar-refractivity contribution in [3.63, 3.8) is 0 Å². The van der Waals surface area contributed by atoms with Gasteiger partial charge in [-0.25, -0.2) is 22.5 Å². The van der Waals surface area contributed by atoms with E-state index in [-0.39, 0.29) is 5.41 Å². The van der Waals surface area contributed by atoms with Gasteiger partial charge in [0.15, 0.2) is 6.20 Å². The predicted octanol–water partition coefficient (Wildman–Crippen LogP) is 3.89. The Hall–Kier alpha value is -2.56. The number of aryl methyl sites for hydroxylation is 3. The molecule has 0 radical (unpaired) electrons. The number of imidazole rings is 1. The Morgan fingerprint density at radius 2 is 1.56 bits per heavy atom. The molecule has 0 spiro atoms. The molecule has 2 aromatic heterocycles. The summed E-state index contributed by atoms with van der Waals surface area (Å²) in [5.74, 6) is -0.408. The van der Waals surface area contributed by atoms with Gasteiger partial charge in [0.1, 0.15) is 36.6 Å². The zero-order valence-electron chi connectivity index (χ0n) is 17.1. The Morgan fingerprint density at radius 1 is 0.926 bits per heavy atom. The SMILES string of the molecule is Cc1c(-c2cc(C(C)(C)C)cc[n+]2C)c(F)cc(F)c1-c1n(C)cc[n+]1C. The van der Waals surface area contributed by atoms with Gasteiger partial charge in [-0.15, -0.1) is 0 Å². The Labute approximate surface area is 159 Å². The van der Waals surface area contributed by atoms with Crippen molar-refractivity contribution in [2.24, 2.45) is 21.1 Å². The summed E-state index contributed by atoms with van der Waals surface area (Å²) in [7, 11) is 5.60. The van der Waals surface area contributed by atoms with Crippen LogP contribution in [0.3, 0.4) is 0 Å². The van der Waals surface area contributed by atoms with Gasteiger partial charge in [0.2, 0.25) is 5.69 Å². The lowest BCUT2D eigenvalue weighted by Crippen LogP contribution is -2.33. The Morgan fingerprint density at radius 3 is 2.11 bits per heavy atom. The van der Waals surface area contributed by atoms with E-state index in [1.807, 2.05) is 65.6 Å². The number of halogens is 2. The summed E-state index contributed by atoms with van der Waals surface area (Å²) in [4.78, 5) is 0. The molecule has 0 aliphatic rings. The first-order valence-electron chi connectivity index (χ1n) is 9.03. The minimum atomic E-state index is -0.555. The molecule has 3 nitrogen and oxygen atoms in total. The van der Waals surface area contributed by atoms with Gasteiger partial charge in [-0.2, -0.15) is 0 Å². The molecule has 0 aliphatic heterocycles. The zero-order chi connectivity index (χ0) is 20.1. The molecule has 0 unspecified atom stereocenters. The van der Waals surface area contributed by atoms with Gasteiger partial charge in [0, 0.05) is 18.2 Å². The van der Waals surface area contributed by atoms with Gasteiger partial charge < -0.3 is 0 Å². The van der Waals surface area contributed by atoms with Crippen LogP contribution in [0.5, 0.6) is 0 Å². The maximum Gasteiger partial charge on any atom is 0.291 e. The summed E-state index contributed by atoms with van der Waals surface area (Å²) in [6.07, 6.45) is 5.65. The van der Waals surface area contributed by atoms with E-state index in [2.05, 4.69) is 20.8 Å². The van der Waals surface area contributed by atoms with Crippen LogP contribution in [-0.4, -0.2) is 4.57 Å². The van der Waals surface area contributed by atoms with Crippen molar-refractivity contribution in [1.29, 1.82) is 0 Å². The molecule has 27 heavy (non-hydrogen) atoms. The predicted molar refractivity (Wildman–Crippen MR) is 102 cm³/mol. The molecule has 3 rings (SSSR count). The lowest BCUT2D eigenvalue weighted by atomic mass is 9.86. The highest BCUT2D eigenvalue weighted by molar-refractivity contribution is 5.73. The molecule has 0 saturated carbocycles. The molecule has 2 heterocycles. The molecule has 5 heteroatoms. The van der Waals surface area contributed by atoms with Crippen molar-refractivity contribution in [2.75, 3.05) is 0 Å². The molecular weight excluding hydrogens is 344 g/mol.